The van der Waals surface area contributed by atoms with Crippen molar-refractivity contribution in [1.82, 2.24) is 10.2 Å². The summed E-state index contributed by atoms with van der Waals surface area (Å²) in [5.74, 6) is -0.0168. The van der Waals surface area contributed by atoms with E-state index in [0.717, 1.165) is 12.0 Å². The first-order valence-corrected chi connectivity index (χ1v) is 7.68. The first-order valence-electron chi connectivity index (χ1n) is 7.68. The van der Waals surface area contributed by atoms with Crippen molar-refractivity contribution in [2.75, 3.05) is 26.7 Å². The number of nitrogens with one attached hydrogen (secondary N) is 1. The van der Waals surface area contributed by atoms with Gasteiger partial charge in [-0.1, -0.05) is 18.2 Å². The maximum Gasteiger partial charge on any atom is 0.317 e. The fourth-order valence-electron chi connectivity index (χ4n) is 2.43. The number of aromatic hydroxyl groups is 1. The van der Waals surface area contributed by atoms with Gasteiger partial charge in [0.2, 0.25) is 0 Å². The van der Waals surface area contributed by atoms with Crippen molar-refractivity contribution in [3.05, 3.63) is 35.9 Å². The van der Waals surface area contributed by atoms with Crippen LogP contribution in [0.25, 0.3) is 5.57 Å². The van der Waals surface area contributed by atoms with E-state index in [2.05, 4.69) is 10.1 Å². The highest BCUT2D eigenvalue weighted by molar-refractivity contribution is 5.77. The summed E-state index contributed by atoms with van der Waals surface area (Å²) in [6.45, 7) is 1.66. The average Bonchev–Trinajstić information content (AvgIpc) is 2.59. The topological polar surface area (TPSA) is 78.9 Å². The number of phenols is 1. The predicted molar refractivity (Wildman–Crippen MR) is 86.9 cm³/mol. The Kier molecular flexibility index (Phi) is 6.02. The molecule has 0 aromatic heterocycles. The van der Waals surface area contributed by atoms with E-state index >= 15 is 0 Å². The number of esters is 1. The zero-order valence-electron chi connectivity index (χ0n) is 13.2. The Morgan fingerprint density at radius 1 is 1.30 bits per heavy atom. The molecule has 2 N–H and O–H groups in total. The van der Waals surface area contributed by atoms with Crippen LogP contribution in [0, 0.1) is 0 Å². The van der Waals surface area contributed by atoms with E-state index in [4.69, 9.17) is 0 Å². The number of methoxy groups -OCH3 is 1. The predicted octanol–water partition coefficient (Wildman–Crippen LogP) is 2.14. The number of rotatable bonds is 5. The summed E-state index contributed by atoms with van der Waals surface area (Å²) in [7, 11) is 1.35. The van der Waals surface area contributed by atoms with Gasteiger partial charge in [0.1, 0.15) is 5.75 Å². The second kappa shape index (κ2) is 8.22. The summed E-state index contributed by atoms with van der Waals surface area (Å²) in [6.07, 6.45) is 3.69. The number of urea groups is 1. The number of carbonyl (C=O) groups excluding carboxylic acids is 2. The number of carbonyl (C=O) groups is 2. The fourth-order valence-corrected chi connectivity index (χ4v) is 2.43. The lowest BCUT2D eigenvalue weighted by atomic mass is 9.99. The number of amides is 2. The summed E-state index contributed by atoms with van der Waals surface area (Å²) in [5, 5.41) is 12.1. The second-order valence-corrected chi connectivity index (χ2v) is 5.38. The molecule has 6 heteroatoms. The third-order valence-corrected chi connectivity index (χ3v) is 3.80. The molecule has 2 amide bonds. The summed E-state index contributed by atoms with van der Waals surface area (Å²) in [4.78, 5) is 24.8. The van der Waals surface area contributed by atoms with E-state index in [1.54, 1.807) is 17.0 Å². The van der Waals surface area contributed by atoms with Crippen molar-refractivity contribution in [3.8, 4) is 5.75 Å². The summed E-state index contributed by atoms with van der Waals surface area (Å²) >= 11 is 0. The van der Waals surface area contributed by atoms with Gasteiger partial charge in [-0.3, -0.25) is 4.79 Å². The van der Waals surface area contributed by atoms with Crippen LogP contribution in [-0.4, -0.2) is 48.8 Å². The Hall–Kier alpha value is -2.50. The van der Waals surface area contributed by atoms with Crippen molar-refractivity contribution in [3.63, 3.8) is 0 Å². The number of phenolic OH excluding ortho intramolecular Hbond substituents is 1. The van der Waals surface area contributed by atoms with Crippen molar-refractivity contribution in [1.29, 1.82) is 0 Å². The first-order chi connectivity index (χ1) is 11.1. The quantitative estimate of drug-likeness (QED) is 0.644. The van der Waals surface area contributed by atoms with Gasteiger partial charge in [-0.25, -0.2) is 4.79 Å². The fraction of sp³-hybridized carbons (Fsp3) is 0.412. The highest BCUT2D eigenvalue weighted by atomic mass is 16.5. The van der Waals surface area contributed by atoms with Crippen molar-refractivity contribution in [2.45, 2.75) is 19.3 Å². The molecule has 1 aromatic carbocycles. The Labute approximate surface area is 135 Å². The molecule has 0 atom stereocenters. The summed E-state index contributed by atoms with van der Waals surface area (Å²) in [6, 6.07) is 6.97. The third-order valence-electron chi connectivity index (χ3n) is 3.80. The number of benzene rings is 1. The van der Waals surface area contributed by atoms with E-state index < -0.39 is 0 Å². The molecule has 0 fully saturated rings. The van der Waals surface area contributed by atoms with Crippen LogP contribution < -0.4 is 5.32 Å². The molecule has 1 aromatic rings. The Morgan fingerprint density at radius 3 is 2.65 bits per heavy atom. The minimum Gasteiger partial charge on any atom is -0.508 e. The van der Waals surface area contributed by atoms with Crippen molar-refractivity contribution >= 4 is 17.6 Å². The highest BCUT2D eigenvalue weighted by Gasteiger charge is 2.17. The average molecular weight is 318 g/mol. The van der Waals surface area contributed by atoms with Crippen LogP contribution in [0.4, 0.5) is 4.79 Å². The maximum absolute atomic E-state index is 12.0. The Bertz CT molecular complexity index is 581. The lowest BCUT2D eigenvalue weighted by Crippen LogP contribution is -2.42. The molecule has 124 valence electrons. The minimum absolute atomic E-state index is 0.115. The zero-order chi connectivity index (χ0) is 16.7. The normalized spacial score (nSPS) is 14.1. The van der Waals surface area contributed by atoms with Crippen LogP contribution in [0.2, 0.25) is 0 Å². The van der Waals surface area contributed by atoms with Gasteiger partial charge < -0.3 is 20.1 Å². The third kappa shape index (κ3) is 5.02. The molecular formula is C17H22N2O4. The molecule has 0 aliphatic carbocycles. The standard InChI is InChI=1S/C17H22N2O4/c1-23-16(21)3-2-10-18-17(22)19-11-8-14(9-12-19)13-4-6-15(20)7-5-13/h4-8,20H,2-3,9-12H2,1H3,(H,18,22). The van der Waals surface area contributed by atoms with Gasteiger partial charge in [-0.2, -0.15) is 0 Å². The molecule has 1 heterocycles. The molecule has 6 nitrogen and oxygen atoms in total. The molecule has 0 unspecified atom stereocenters. The van der Waals surface area contributed by atoms with Crippen LogP contribution >= 0.6 is 0 Å². The van der Waals surface area contributed by atoms with E-state index in [1.807, 2.05) is 18.2 Å². The van der Waals surface area contributed by atoms with Gasteiger partial charge in [-0.15, -0.1) is 0 Å². The van der Waals surface area contributed by atoms with Gasteiger partial charge in [0.05, 0.1) is 7.11 Å². The van der Waals surface area contributed by atoms with Crippen LogP contribution in [0.5, 0.6) is 5.75 Å². The lowest BCUT2D eigenvalue weighted by molar-refractivity contribution is -0.140. The van der Waals surface area contributed by atoms with E-state index in [-0.39, 0.29) is 17.7 Å². The van der Waals surface area contributed by atoms with Gasteiger partial charge in [-0.05, 0) is 36.1 Å². The molecule has 0 saturated carbocycles. The second-order valence-electron chi connectivity index (χ2n) is 5.38. The van der Waals surface area contributed by atoms with Crippen LogP contribution in [-0.2, 0) is 9.53 Å². The van der Waals surface area contributed by atoms with E-state index in [1.165, 1.54) is 12.7 Å². The van der Waals surface area contributed by atoms with E-state index in [9.17, 15) is 14.7 Å². The van der Waals surface area contributed by atoms with Crippen LogP contribution in [0.15, 0.2) is 30.3 Å². The monoisotopic (exact) mass is 318 g/mol. The molecular weight excluding hydrogens is 296 g/mol. The maximum atomic E-state index is 12.0. The zero-order valence-corrected chi connectivity index (χ0v) is 13.2. The largest absolute Gasteiger partial charge is 0.508 e. The minimum atomic E-state index is -0.265. The molecule has 2 rings (SSSR count). The highest BCUT2D eigenvalue weighted by Crippen LogP contribution is 2.23. The van der Waals surface area contributed by atoms with Crippen LogP contribution in [0.1, 0.15) is 24.8 Å². The first kappa shape index (κ1) is 16.9. The Morgan fingerprint density at radius 2 is 2.04 bits per heavy atom. The number of nitrogens with zero attached hydrogens (tertiary/aromatic N) is 1. The van der Waals surface area contributed by atoms with Gasteiger partial charge in [0, 0.05) is 26.1 Å². The van der Waals surface area contributed by atoms with Gasteiger partial charge >= 0.3 is 12.0 Å². The van der Waals surface area contributed by atoms with Crippen molar-refractivity contribution < 1.29 is 19.4 Å². The molecule has 0 saturated heterocycles. The molecule has 1 aliphatic rings. The molecule has 1 aliphatic heterocycles. The number of hydrogen-bond donors (Lipinski definition) is 2. The van der Waals surface area contributed by atoms with Gasteiger partial charge in [0.15, 0.2) is 0 Å². The molecule has 0 spiro atoms. The SMILES string of the molecule is COC(=O)CCCNC(=O)N1CC=C(c2ccc(O)cc2)CC1. The molecule has 0 bridgehead atoms. The molecule has 23 heavy (non-hydrogen) atoms. The van der Waals surface area contributed by atoms with Gasteiger partial charge in [0.25, 0.3) is 0 Å². The number of ether oxygens (including phenoxy) is 1. The van der Waals surface area contributed by atoms with Crippen LogP contribution in [0.3, 0.4) is 0 Å². The van der Waals surface area contributed by atoms with Crippen molar-refractivity contribution in [2.24, 2.45) is 0 Å². The smallest absolute Gasteiger partial charge is 0.317 e. The lowest BCUT2D eigenvalue weighted by Gasteiger charge is -2.27. The number of hydrogen-bond acceptors (Lipinski definition) is 4. The molecule has 0 radical (unpaired) electrons. The summed E-state index contributed by atoms with van der Waals surface area (Å²) in [5.41, 5.74) is 2.25. The Balaban J connectivity index is 1.77. The van der Waals surface area contributed by atoms with E-state index in [0.29, 0.717) is 32.5 Å². The summed E-state index contributed by atoms with van der Waals surface area (Å²) < 4.78 is 4.55.